The van der Waals surface area contributed by atoms with E-state index in [1.807, 2.05) is 0 Å². The lowest BCUT2D eigenvalue weighted by Gasteiger charge is -2.23. The number of aliphatic hydroxyl groups is 2. The normalized spacial score (nSPS) is 29.9. The minimum atomic E-state index is -1.15. The Labute approximate surface area is 114 Å². The summed E-state index contributed by atoms with van der Waals surface area (Å²) in [5, 5.41) is 19.3. The first-order chi connectivity index (χ1) is 9.02. The lowest BCUT2D eigenvalue weighted by molar-refractivity contribution is -0.154. The zero-order valence-corrected chi connectivity index (χ0v) is 11.5. The van der Waals surface area contributed by atoms with Crippen LogP contribution in [-0.4, -0.2) is 40.3 Å². The first-order valence-electron chi connectivity index (χ1n) is 7.11. The Bertz CT molecular complexity index is 302. The van der Waals surface area contributed by atoms with Crippen LogP contribution in [0, 0.1) is 0 Å². The van der Waals surface area contributed by atoms with Gasteiger partial charge in [-0.1, -0.05) is 19.8 Å². The van der Waals surface area contributed by atoms with E-state index in [0.29, 0.717) is 6.42 Å². The van der Waals surface area contributed by atoms with Gasteiger partial charge in [0.15, 0.2) is 5.78 Å². The largest absolute Gasteiger partial charge is 0.462 e. The van der Waals surface area contributed by atoms with E-state index in [9.17, 15) is 19.8 Å². The lowest BCUT2D eigenvalue weighted by atomic mass is 9.97. The average molecular weight is 272 g/mol. The number of ether oxygens (including phenoxy) is 1. The summed E-state index contributed by atoms with van der Waals surface area (Å²) >= 11 is 0. The Kier molecular flexibility index (Phi) is 7.02. The van der Waals surface area contributed by atoms with Gasteiger partial charge in [0, 0.05) is 19.3 Å². The Morgan fingerprint density at radius 3 is 2.68 bits per heavy atom. The second-order valence-corrected chi connectivity index (χ2v) is 5.22. The number of hydrogen-bond donors (Lipinski definition) is 2. The van der Waals surface area contributed by atoms with Crippen LogP contribution in [0.5, 0.6) is 0 Å². The molecule has 0 aromatic carbocycles. The third kappa shape index (κ3) is 6.16. The Morgan fingerprint density at radius 2 is 2.00 bits per heavy atom. The minimum Gasteiger partial charge on any atom is -0.462 e. The zero-order chi connectivity index (χ0) is 14.3. The van der Waals surface area contributed by atoms with Crippen LogP contribution < -0.4 is 0 Å². The summed E-state index contributed by atoms with van der Waals surface area (Å²) in [6.07, 6.45) is 1.66. The van der Waals surface area contributed by atoms with Crippen molar-refractivity contribution in [3.05, 3.63) is 0 Å². The van der Waals surface area contributed by atoms with Crippen molar-refractivity contribution < 1.29 is 24.5 Å². The first kappa shape index (κ1) is 16.1. The van der Waals surface area contributed by atoms with E-state index < -0.39 is 18.3 Å². The molecule has 3 atom stereocenters. The monoisotopic (exact) mass is 272 g/mol. The van der Waals surface area contributed by atoms with E-state index in [-0.39, 0.29) is 37.4 Å². The highest BCUT2D eigenvalue weighted by molar-refractivity contribution is 5.83. The molecule has 2 N–H and O–H groups in total. The van der Waals surface area contributed by atoms with Crippen LogP contribution in [0.3, 0.4) is 0 Å². The predicted molar refractivity (Wildman–Crippen MR) is 69.5 cm³/mol. The molecule has 0 amide bonds. The summed E-state index contributed by atoms with van der Waals surface area (Å²) in [6.45, 7) is 2.08. The molecule has 0 aromatic heterocycles. The van der Waals surface area contributed by atoms with Crippen molar-refractivity contribution in [2.24, 2.45) is 0 Å². The van der Waals surface area contributed by atoms with Gasteiger partial charge in [-0.2, -0.15) is 0 Å². The summed E-state index contributed by atoms with van der Waals surface area (Å²) in [6, 6.07) is 0. The van der Waals surface area contributed by atoms with Gasteiger partial charge < -0.3 is 14.9 Å². The molecule has 0 aliphatic carbocycles. The molecule has 19 heavy (non-hydrogen) atoms. The smallest absolute Gasteiger partial charge is 0.306 e. The van der Waals surface area contributed by atoms with Crippen molar-refractivity contribution in [2.75, 3.05) is 0 Å². The van der Waals surface area contributed by atoms with Gasteiger partial charge in [-0.3, -0.25) is 9.59 Å². The van der Waals surface area contributed by atoms with Crippen molar-refractivity contribution in [3.63, 3.8) is 0 Å². The van der Waals surface area contributed by atoms with Crippen LogP contribution in [-0.2, 0) is 14.3 Å². The summed E-state index contributed by atoms with van der Waals surface area (Å²) in [4.78, 5) is 23.2. The fourth-order valence-corrected chi connectivity index (χ4v) is 2.23. The van der Waals surface area contributed by atoms with Gasteiger partial charge in [0.05, 0.1) is 6.10 Å². The first-order valence-corrected chi connectivity index (χ1v) is 7.11. The molecular formula is C14H24O5. The van der Waals surface area contributed by atoms with Crippen molar-refractivity contribution in [3.8, 4) is 0 Å². The lowest BCUT2D eigenvalue weighted by Crippen LogP contribution is -2.33. The van der Waals surface area contributed by atoms with E-state index >= 15 is 0 Å². The van der Waals surface area contributed by atoms with Crippen LogP contribution >= 0.6 is 0 Å². The third-order valence-corrected chi connectivity index (χ3v) is 3.40. The molecule has 1 heterocycles. The summed E-state index contributed by atoms with van der Waals surface area (Å²) < 4.78 is 5.28. The molecule has 110 valence electrons. The summed E-state index contributed by atoms with van der Waals surface area (Å²) in [5.74, 6) is -0.729. The molecule has 5 heteroatoms. The molecule has 1 aliphatic heterocycles. The predicted octanol–water partition coefficient (Wildman–Crippen LogP) is 1.34. The Morgan fingerprint density at radius 1 is 1.26 bits per heavy atom. The van der Waals surface area contributed by atoms with Crippen LogP contribution in [0.2, 0.25) is 0 Å². The van der Waals surface area contributed by atoms with Gasteiger partial charge in [-0.25, -0.2) is 0 Å². The van der Waals surface area contributed by atoms with E-state index in [2.05, 4.69) is 6.92 Å². The number of rotatable bonds is 4. The molecule has 0 saturated carbocycles. The van der Waals surface area contributed by atoms with Crippen molar-refractivity contribution in [1.82, 2.24) is 0 Å². The minimum absolute atomic E-state index is 0.0872. The topological polar surface area (TPSA) is 83.8 Å². The van der Waals surface area contributed by atoms with Gasteiger partial charge in [-0.05, 0) is 19.3 Å². The molecule has 0 spiro atoms. The van der Waals surface area contributed by atoms with Gasteiger partial charge in [-0.15, -0.1) is 0 Å². The fraction of sp³-hybridized carbons (Fsp3) is 0.857. The van der Waals surface area contributed by atoms with Gasteiger partial charge >= 0.3 is 5.97 Å². The van der Waals surface area contributed by atoms with E-state index in [1.54, 1.807) is 0 Å². The van der Waals surface area contributed by atoms with Crippen molar-refractivity contribution in [2.45, 2.75) is 76.6 Å². The molecule has 0 aromatic rings. The van der Waals surface area contributed by atoms with E-state index in [4.69, 9.17) is 4.74 Å². The molecule has 3 unspecified atom stereocenters. The summed E-state index contributed by atoms with van der Waals surface area (Å²) in [5.41, 5.74) is 0. The highest BCUT2D eigenvalue weighted by Crippen LogP contribution is 2.18. The maximum atomic E-state index is 11.6. The van der Waals surface area contributed by atoms with Crippen LogP contribution in [0.25, 0.3) is 0 Å². The third-order valence-electron chi connectivity index (χ3n) is 3.40. The average Bonchev–Trinajstić information content (AvgIpc) is 2.35. The van der Waals surface area contributed by atoms with E-state index in [1.165, 1.54) is 0 Å². The molecule has 1 rings (SSSR count). The Balaban J connectivity index is 2.59. The highest BCUT2D eigenvalue weighted by atomic mass is 16.5. The molecule has 1 saturated heterocycles. The SMILES string of the molecule is CCCCCC1CC(O)C(=O)CC(O)CCC(=O)O1. The highest BCUT2D eigenvalue weighted by Gasteiger charge is 2.27. The standard InChI is InChI=1S/C14H24O5/c1-2-3-4-5-11-9-13(17)12(16)8-10(15)6-7-14(18)19-11/h10-11,13,15,17H,2-9H2,1H3. The Hall–Kier alpha value is -0.940. The fourth-order valence-electron chi connectivity index (χ4n) is 2.23. The molecule has 5 nitrogen and oxygen atoms in total. The molecule has 0 radical (unpaired) electrons. The van der Waals surface area contributed by atoms with Crippen LogP contribution in [0.1, 0.15) is 58.3 Å². The molecule has 1 aliphatic rings. The number of esters is 1. The van der Waals surface area contributed by atoms with Crippen molar-refractivity contribution in [1.29, 1.82) is 0 Å². The van der Waals surface area contributed by atoms with Crippen molar-refractivity contribution >= 4 is 11.8 Å². The van der Waals surface area contributed by atoms with Gasteiger partial charge in [0.25, 0.3) is 0 Å². The number of cyclic esters (lactones) is 1. The number of unbranched alkanes of at least 4 members (excludes halogenated alkanes) is 2. The zero-order valence-electron chi connectivity index (χ0n) is 11.5. The van der Waals surface area contributed by atoms with Gasteiger partial charge in [0.1, 0.15) is 12.2 Å². The number of aliphatic hydroxyl groups excluding tert-OH is 2. The second-order valence-electron chi connectivity index (χ2n) is 5.22. The van der Waals surface area contributed by atoms with Gasteiger partial charge in [0.2, 0.25) is 0 Å². The van der Waals surface area contributed by atoms with E-state index in [0.717, 1.165) is 19.3 Å². The second kappa shape index (κ2) is 8.27. The summed E-state index contributed by atoms with van der Waals surface area (Å²) in [7, 11) is 0. The molecular weight excluding hydrogens is 248 g/mol. The maximum Gasteiger partial charge on any atom is 0.306 e. The number of hydrogen-bond acceptors (Lipinski definition) is 5. The molecule has 1 fully saturated rings. The number of ketones is 1. The number of carbonyl (C=O) groups is 2. The van der Waals surface area contributed by atoms with Crippen LogP contribution in [0.15, 0.2) is 0 Å². The number of carbonyl (C=O) groups excluding carboxylic acids is 2. The maximum absolute atomic E-state index is 11.6. The quantitative estimate of drug-likeness (QED) is 0.596. The number of Topliss-reactive ketones (excluding diaryl/α,β-unsaturated/α-hetero) is 1. The molecule has 0 bridgehead atoms. The van der Waals surface area contributed by atoms with Crippen LogP contribution in [0.4, 0.5) is 0 Å².